The van der Waals surface area contributed by atoms with Crippen molar-refractivity contribution in [3.05, 3.63) is 82.7 Å². The van der Waals surface area contributed by atoms with Crippen molar-refractivity contribution < 1.29 is 18.0 Å². The number of aromatic nitrogens is 1. The van der Waals surface area contributed by atoms with E-state index in [-0.39, 0.29) is 17.2 Å². The van der Waals surface area contributed by atoms with Crippen molar-refractivity contribution >= 4 is 49.8 Å². The van der Waals surface area contributed by atoms with Gasteiger partial charge in [0.2, 0.25) is 15.9 Å². The molecule has 3 N–H and O–H groups in total. The molecule has 0 spiro atoms. The SMILES string of the molecule is CN(C)S(=O)(=O)c1cccc(NC(=O)[C@@H](Cc2c[nH]c3ccccc23)NC(=O)c2cccs2)c1. The molecule has 176 valence electrons. The number of hydrogen-bond donors (Lipinski definition) is 3. The smallest absolute Gasteiger partial charge is 0.262 e. The molecule has 0 saturated heterocycles. The molecule has 0 aliphatic carbocycles. The number of nitrogens with zero attached hydrogens (tertiary/aromatic N) is 1. The zero-order valence-corrected chi connectivity index (χ0v) is 20.2. The van der Waals surface area contributed by atoms with Gasteiger partial charge in [0.05, 0.1) is 9.77 Å². The van der Waals surface area contributed by atoms with Crippen molar-refractivity contribution in [3.63, 3.8) is 0 Å². The van der Waals surface area contributed by atoms with Gasteiger partial charge in [-0.05, 0) is 41.3 Å². The standard InChI is InChI=1S/C24H24N4O4S2/c1-28(2)34(31,32)18-8-5-7-17(14-18)26-23(29)21(27-24(30)22-11-6-12-33-22)13-16-15-25-20-10-4-3-9-19(16)20/h3-12,14-15,21,25H,13H2,1-2H3,(H,26,29)(H,27,30)/t21-/m1/s1. The molecule has 2 amide bonds. The van der Waals surface area contributed by atoms with Crippen molar-refractivity contribution in [1.29, 1.82) is 0 Å². The summed E-state index contributed by atoms with van der Waals surface area (Å²) in [7, 11) is -0.775. The summed E-state index contributed by atoms with van der Waals surface area (Å²) in [6.45, 7) is 0. The number of carbonyl (C=O) groups excluding carboxylic acids is 2. The number of thiophene rings is 1. The summed E-state index contributed by atoms with van der Waals surface area (Å²) < 4.78 is 26.0. The summed E-state index contributed by atoms with van der Waals surface area (Å²) in [6, 6.07) is 16.3. The highest BCUT2D eigenvalue weighted by Gasteiger charge is 2.25. The molecule has 0 fully saturated rings. The lowest BCUT2D eigenvalue weighted by Gasteiger charge is -2.19. The van der Waals surface area contributed by atoms with Gasteiger partial charge in [-0.3, -0.25) is 9.59 Å². The van der Waals surface area contributed by atoms with Crippen LogP contribution in [0.15, 0.2) is 77.1 Å². The van der Waals surface area contributed by atoms with E-state index in [1.165, 1.54) is 37.6 Å². The number of anilines is 1. The fourth-order valence-corrected chi connectivity index (χ4v) is 5.12. The Balaban J connectivity index is 1.60. The zero-order valence-electron chi connectivity index (χ0n) is 18.6. The van der Waals surface area contributed by atoms with Crippen molar-refractivity contribution in [2.75, 3.05) is 19.4 Å². The molecule has 0 bridgehead atoms. The van der Waals surface area contributed by atoms with E-state index in [2.05, 4.69) is 15.6 Å². The van der Waals surface area contributed by atoms with Gasteiger partial charge in [-0.15, -0.1) is 11.3 Å². The first-order chi connectivity index (χ1) is 16.3. The molecule has 10 heteroatoms. The van der Waals surface area contributed by atoms with Gasteiger partial charge in [-0.1, -0.05) is 30.3 Å². The lowest BCUT2D eigenvalue weighted by atomic mass is 10.0. The number of benzene rings is 2. The van der Waals surface area contributed by atoms with Crippen LogP contribution < -0.4 is 10.6 Å². The van der Waals surface area contributed by atoms with Crippen LogP contribution >= 0.6 is 11.3 Å². The number of rotatable bonds is 8. The lowest BCUT2D eigenvalue weighted by Crippen LogP contribution is -2.45. The number of nitrogens with one attached hydrogen (secondary N) is 3. The minimum atomic E-state index is -3.66. The van der Waals surface area contributed by atoms with Gasteiger partial charge in [0.25, 0.3) is 5.91 Å². The van der Waals surface area contributed by atoms with Gasteiger partial charge in [-0.25, -0.2) is 12.7 Å². The van der Waals surface area contributed by atoms with E-state index in [0.717, 1.165) is 20.8 Å². The fourth-order valence-electron chi connectivity index (χ4n) is 3.54. The van der Waals surface area contributed by atoms with Crippen molar-refractivity contribution in [2.24, 2.45) is 0 Å². The Morgan fingerprint density at radius 2 is 1.85 bits per heavy atom. The van der Waals surface area contributed by atoms with Crippen LogP contribution in [0.2, 0.25) is 0 Å². The molecule has 2 aromatic heterocycles. The minimum Gasteiger partial charge on any atom is -0.361 e. The molecule has 0 aliphatic rings. The Bertz CT molecular complexity index is 1430. The normalized spacial score (nSPS) is 12.6. The Morgan fingerprint density at radius 1 is 1.06 bits per heavy atom. The largest absolute Gasteiger partial charge is 0.361 e. The van der Waals surface area contributed by atoms with Crippen LogP contribution in [-0.4, -0.2) is 49.7 Å². The maximum atomic E-state index is 13.3. The number of fused-ring (bicyclic) bond motifs is 1. The van der Waals surface area contributed by atoms with E-state index >= 15 is 0 Å². The van der Waals surface area contributed by atoms with Crippen molar-refractivity contribution in [3.8, 4) is 0 Å². The van der Waals surface area contributed by atoms with Gasteiger partial charge < -0.3 is 15.6 Å². The summed E-state index contributed by atoms with van der Waals surface area (Å²) in [5.74, 6) is -0.798. The first-order valence-corrected chi connectivity index (χ1v) is 12.8. The summed E-state index contributed by atoms with van der Waals surface area (Å²) in [5, 5.41) is 8.34. The Labute approximate surface area is 201 Å². The van der Waals surface area contributed by atoms with Crippen LogP contribution in [0.4, 0.5) is 5.69 Å². The minimum absolute atomic E-state index is 0.0612. The molecular weight excluding hydrogens is 472 g/mol. The Hall–Kier alpha value is -3.47. The quantitative estimate of drug-likeness (QED) is 0.347. The van der Waals surface area contributed by atoms with Gasteiger partial charge in [-0.2, -0.15) is 0 Å². The van der Waals surface area contributed by atoms with E-state index < -0.39 is 22.0 Å². The van der Waals surface area contributed by atoms with Crippen LogP contribution in [0.5, 0.6) is 0 Å². The van der Waals surface area contributed by atoms with Crippen LogP contribution in [-0.2, 0) is 21.2 Å². The second-order valence-corrected chi connectivity index (χ2v) is 11.0. The molecule has 8 nitrogen and oxygen atoms in total. The number of carbonyl (C=O) groups is 2. The topological polar surface area (TPSA) is 111 Å². The highest BCUT2D eigenvalue weighted by molar-refractivity contribution is 7.89. The maximum absolute atomic E-state index is 13.3. The number of sulfonamides is 1. The first-order valence-electron chi connectivity index (χ1n) is 10.5. The summed E-state index contributed by atoms with van der Waals surface area (Å²) >= 11 is 1.29. The number of aromatic amines is 1. The van der Waals surface area contributed by atoms with E-state index in [0.29, 0.717) is 10.6 Å². The third kappa shape index (κ3) is 5.04. The Morgan fingerprint density at radius 3 is 2.59 bits per heavy atom. The van der Waals surface area contributed by atoms with Crippen molar-refractivity contribution in [1.82, 2.24) is 14.6 Å². The summed E-state index contributed by atoms with van der Waals surface area (Å²) in [6.07, 6.45) is 2.08. The molecular formula is C24H24N4O4S2. The molecule has 4 rings (SSSR count). The lowest BCUT2D eigenvalue weighted by molar-refractivity contribution is -0.118. The molecule has 0 saturated carbocycles. The summed E-state index contributed by atoms with van der Waals surface area (Å²) in [4.78, 5) is 29.8. The second kappa shape index (κ2) is 9.80. The molecule has 2 heterocycles. The van der Waals surface area contributed by atoms with Gasteiger partial charge in [0.15, 0.2) is 0 Å². The number of H-pyrrole nitrogens is 1. The molecule has 0 aliphatic heterocycles. The summed E-state index contributed by atoms with van der Waals surface area (Å²) in [5.41, 5.74) is 2.14. The molecule has 1 atom stereocenters. The average Bonchev–Trinajstić information content (AvgIpc) is 3.49. The Kier molecular flexibility index (Phi) is 6.82. The first kappa shape index (κ1) is 23.7. The van der Waals surface area contributed by atoms with E-state index in [4.69, 9.17) is 0 Å². The average molecular weight is 497 g/mol. The van der Waals surface area contributed by atoms with Crippen molar-refractivity contribution in [2.45, 2.75) is 17.4 Å². The highest BCUT2D eigenvalue weighted by atomic mass is 32.2. The molecule has 34 heavy (non-hydrogen) atoms. The predicted molar refractivity (Wildman–Crippen MR) is 134 cm³/mol. The monoisotopic (exact) mass is 496 g/mol. The third-order valence-electron chi connectivity index (χ3n) is 5.35. The number of amides is 2. The van der Waals surface area contributed by atoms with E-state index in [9.17, 15) is 18.0 Å². The zero-order chi connectivity index (χ0) is 24.3. The van der Waals surface area contributed by atoms with E-state index in [1.807, 2.05) is 30.5 Å². The predicted octanol–water partition coefficient (Wildman–Crippen LogP) is 3.46. The fraction of sp³-hybridized carbons (Fsp3) is 0.167. The maximum Gasteiger partial charge on any atom is 0.262 e. The van der Waals surface area contributed by atoms with Crippen LogP contribution in [0.25, 0.3) is 10.9 Å². The van der Waals surface area contributed by atoms with Gasteiger partial charge in [0, 0.05) is 43.3 Å². The van der Waals surface area contributed by atoms with Crippen LogP contribution in [0.3, 0.4) is 0 Å². The number of hydrogen-bond acceptors (Lipinski definition) is 5. The van der Waals surface area contributed by atoms with E-state index in [1.54, 1.807) is 29.6 Å². The third-order valence-corrected chi connectivity index (χ3v) is 8.03. The highest BCUT2D eigenvalue weighted by Crippen LogP contribution is 2.21. The van der Waals surface area contributed by atoms with Crippen LogP contribution in [0, 0.1) is 0 Å². The van der Waals surface area contributed by atoms with Gasteiger partial charge in [0.1, 0.15) is 6.04 Å². The van der Waals surface area contributed by atoms with Gasteiger partial charge >= 0.3 is 0 Å². The molecule has 4 aromatic rings. The molecule has 0 unspecified atom stereocenters. The van der Waals surface area contributed by atoms with Crippen LogP contribution in [0.1, 0.15) is 15.2 Å². The molecule has 0 radical (unpaired) electrons. The second-order valence-electron chi connectivity index (χ2n) is 7.87. The number of para-hydroxylation sites is 1. The molecule has 2 aromatic carbocycles.